The van der Waals surface area contributed by atoms with E-state index in [1.807, 2.05) is 0 Å². The molecule has 60 heavy (non-hydrogen) atoms. The van der Waals surface area contributed by atoms with E-state index in [1.165, 1.54) is 116 Å². The molecule has 0 fully saturated rings. The van der Waals surface area contributed by atoms with Gasteiger partial charge in [-0.2, -0.15) is 0 Å². The molecule has 2 aliphatic carbocycles. The molecule has 2 nitrogen and oxygen atoms in total. The van der Waals surface area contributed by atoms with Crippen molar-refractivity contribution in [3.05, 3.63) is 210 Å². The van der Waals surface area contributed by atoms with Gasteiger partial charge >= 0.3 is 0 Å². The second-order valence-electron chi connectivity index (χ2n) is 17.9. The third kappa shape index (κ3) is 5.25. The number of anilines is 3. The van der Waals surface area contributed by atoms with Crippen molar-refractivity contribution in [3.63, 3.8) is 0 Å². The molecule has 0 aromatic heterocycles. The second-order valence-corrected chi connectivity index (χ2v) is 19.2. The highest BCUT2D eigenvalue weighted by Crippen LogP contribution is 2.53. The summed E-state index contributed by atoms with van der Waals surface area (Å²) in [7, 11) is 0. The lowest BCUT2D eigenvalue weighted by Gasteiger charge is -2.30. The zero-order valence-corrected chi connectivity index (χ0v) is 35.3. The molecule has 12 rings (SSSR count). The number of thiol groups is 1. The van der Waals surface area contributed by atoms with Gasteiger partial charge in [-0.05, 0) is 132 Å². The first-order chi connectivity index (χ1) is 29.2. The number of quaternary nitrogens is 1. The molecule has 0 saturated heterocycles. The summed E-state index contributed by atoms with van der Waals surface area (Å²) in [5, 5.41) is 8.15. The molecular formula is C57H46N2S+2. The first-order valence-corrected chi connectivity index (χ1v) is 22.2. The number of rotatable bonds is 5. The maximum absolute atomic E-state index is 2.49. The predicted molar refractivity (Wildman–Crippen MR) is 254 cm³/mol. The quantitative estimate of drug-likeness (QED) is 0.0797. The first-order valence-electron chi connectivity index (χ1n) is 21.2. The summed E-state index contributed by atoms with van der Waals surface area (Å²) in [5.74, 6) is 0. The predicted octanol–water partition coefficient (Wildman–Crippen LogP) is 13.8. The molecule has 0 bridgehead atoms. The van der Waals surface area contributed by atoms with Crippen LogP contribution in [0.25, 0.3) is 54.9 Å². The van der Waals surface area contributed by atoms with Gasteiger partial charge in [-0.15, -0.1) is 0 Å². The van der Waals surface area contributed by atoms with Crippen LogP contribution in [0.2, 0.25) is 0 Å². The number of hydrogen-bond donors (Lipinski definition) is 1. The average Bonchev–Trinajstić information content (AvgIpc) is 3.90. The largest absolute Gasteiger partial charge is 0.310 e. The van der Waals surface area contributed by atoms with E-state index < -0.39 is 0 Å². The van der Waals surface area contributed by atoms with Gasteiger partial charge in [-0.25, -0.2) is 0 Å². The van der Waals surface area contributed by atoms with Crippen LogP contribution in [-0.4, -0.2) is 0 Å². The van der Waals surface area contributed by atoms with Gasteiger partial charge < -0.3 is 4.90 Å². The summed E-state index contributed by atoms with van der Waals surface area (Å²) in [6.45, 7) is 9.48. The fourth-order valence-electron chi connectivity index (χ4n) is 10.7. The van der Waals surface area contributed by atoms with Crippen LogP contribution in [0.3, 0.4) is 0 Å². The molecule has 3 heteroatoms. The third-order valence-corrected chi connectivity index (χ3v) is 15.3. The Morgan fingerprint density at radius 3 is 1.63 bits per heavy atom. The van der Waals surface area contributed by atoms with E-state index in [9.17, 15) is 0 Å². The van der Waals surface area contributed by atoms with Crippen LogP contribution >= 0.6 is 0 Å². The Balaban J connectivity index is 0.944. The van der Waals surface area contributed by atoms with Crippen molar-refractivity contribution in [2.24, 2.45) is 0 Å². The number of hydrogen-bond acceptors (Lipinski definition) is 1. The molecule has 0 radical (unpaired) electrons. The van der Waals surface area contributed by atoms with E-state index in [1.54, 1.807) is 0 Å². The Hall–Kier alpha value is -6.39. The van der Waals surface area contributed by atoms with E-state index in [0.717, 1.165) is 5.69 Å². The lowest BCUT2D eigenvalue weighted by Crippen LogP contribution is -2.77. The van der Waals surface area contributed by atoms with Gasteiger partial charge in [0.2, 0.25) is 4.90 Å². The first kappa shape index (κ1) is 35.5. The molecule has 1 heterocycles. The highest BCUT2D eigenvalue weighted by Gasteiger charge is 2.39. The monoisotopic (exact) mass is 790 g/mol. The molecule has 9 aromatic carbocycles. The Kier molecular flexibility index (Phi) is 7.73. The van der Waals surface area contributed by atoms with Crippen molar-refractivity contribution in [2.45, 2.75) is 48.8 Å². The minimum absolute atomic E-state index is 0.0955. The van der Waals surface area contributed by atoms with Crippen molar-refractivity contribution in [2.75, 3.05) is 4.90 Å². The van der Waals surface area contributed by atoms with Crippen LogP contribution in [0.5, 0.6) is 0 Å². The maximum Gasteiger partial charge on any atom is 0.272 e. The SMILES string of the molecule is CC1(C)c2ccccc2-c2ccc(N(c3ccc(-c4ccc5c(ccc6ccc7c(c65)[NH2+]C(c5ccccc5)[SH+]7)c4)cc3)c3ccc4c(c3)C(C)(C)c3ccccc3-4)cc21. The summed E-state index contributed by atoms with van der Waals surface area (Å²) in [5.41, 5.74) is 19.4. The van der Waals surface area contributed by atoms with Crippen molar-refractivity contribution < 1.29 is 5.32 Å². The van der Waals surface area contributed by atoms with Gasteiger partial charge in [0, 0.05) is 34.0 Å². The van der Waals surface area contributed by atoms with Gasteiger partial charge in [0.15, 0.2) is 5.69 Å². The Bertz CT molecular complexity index is 3110. The number of nitrogens with zero attached hydrogens (tertiary/aromatic N) is 1. The van der Waals surface area contributed by atoms with Crippen molar-refractivity contribution in [1.29, 1.82) is 0 Å². The highest BCUT2D eigenvalue weighted by atomic mass is 32.2. The molecule has 0 saturated carbocycles. The van der Waals surface area contributed by atoms with E-state index in [4.69, 9.17) is 0 Å². The van der Waals surface area contributed by atoms with Crippen LogP contribution in [-0.2, 0) is 22.6 Å². The minimum atomic E-state index is -0.0955. The second kappa shape index (κ2) is 13.1. The molecular weight excluding hydrogens is 745 g/mol. The standard InChI is InChI=1S/C57H44N2S/c1-56(2)48-16-10-8-14-44(48)46-29-26-41(33-50(46)56)59(42-27-30-47-45-15-9-11-17-49(45)57(3,4)51(47)34-42)40-24-20-35(21-25-40)38-22-28-43-39(32-38)19-18-36-23-31-52-54(53(36)43)58-55(60-52)37-12-6-5-7-13-37/h5-34,55,58H,1-4H3/p+2. The molecule has 0 spiro atoms. The van der Waals surface area contributed by atoms with Crippen LogP contribution in [0.4, 0.5) is 22.7 Å². The van der Waals surface area contributed by atoms with Gasteiger partial charge in [0.25, 0.3) is 5.37 Å². The Labute approximate surface area is 356 Å². The average molecular weight is 791 g/mol. The van der Waals surface area contributed by atoms with E-state index >= 15 is 0 Å². The van der Waals surface area contributed by atoms with E-state index in [0.29, 0.717) is 5.37 Å². The summed E-state index contributed by atoms with van der Waals surface area (Å²) >= 11 is 1.36. The zero-order chi connectivity index (χ0) is 40.3. The lowest BCUT2D eigenvalue weighted by atomic mass is 9.82. The molecule has 3 aliphatic rings. The summed E-state index contributed by atoms with van der Waals surface area (Å²) in [6, 6.07) is 68.5. The number of benzene rings is 9. The maximum atomic E-state index is 2.49. The van der Waals surface area contributed by atoms with Crippen molar-refractivity contribution >= 4 is 56.1 Å². The molecule has 1 atom stereocenters. The zero-order valence-electron chi connectivity index (χ0n) is 34.4. The smallest absolute Gasteiger partial charge is 0.272 e. The fraction of sp³-hybridized carbons (Fsp3) is 0.123. The minimum Gasteiger partial charge on any atom is -0.310 e. The van der Waals surface area contributed by atoms with Crippen molar-refractivity contribution in [1.82, 2.24) is 0 Å². The van der Waals surface area contributed by atoms with Crippen molar-refractivity contribution in [3.8, 4) is 33.4 Å². The van der Waals surface area contributed by atoms with Gasteiger partial charge in [-0.1, -0.05) is 143 Å². The Morgan fingerprint density at radius 2 is 0.983 bits per heavy atom. The van der Waals surface area contributed by atoms with E-state index in [2.05, 4.69) is 220 Å². The lowest BCUT2D eigenvalue weighted by molar-refractivity contribution is -0.588. The van der Waals surface area contributed by atoms with Crippen LogP contribution in [0.15, 0.2) is 187 Å². The Morgan fingerprint density at radius 1 is 0.450 bits per heavy atom. The van der Waals surface area contributed by atoms with E-state index in [-0.39, 0.29) is 10.8 Å². The molecule has 1 aliphatic heterocycles. The molecule has 1 unspecified atom stereocenters. The van der Waals surface area contributed by atoms with Gasteiger partial charge in [-0.3, -0.25) is 5.32 Å². The van der Waals surface area contributed by atoms with Crippen LogP contribution < -0.4 is 10.2 Å². The summed E-state index contributed by atoms with van der Waals surface area (Å²) < 4.78 is 0. The third-order valence-electron chi connectivity index (χ3n) is 13.9. The fourth-order valence-corrected chi connectivity index (χ4v) is 12.0. The molecule has 288 valence electrons. The number of nitrogens with two attached hydrogens (primary N) is 1. The van der Waals surface area contributed by atoms with Crippen LogP contribution in [0, 0.1) is 0 Å². The van der Waals surface area contributed by atoms with Gasteiger partial charge in [0.1, 0.15) is 0 Å². The summed E-state index contributed by atoms with van der Waals surface area (Å²) in [4.78, 5) is 3.88. The topological polar surface area (TPSA) is 19.9 Å². The number of fused-ring (bicyclic) bond motifs is 11. The molecule has 0 amide bonds. The molecule has 9 aromatic rings. The van der Waals surface area contributed by atoms with Crippen LogP contribution in [0.1, 0.15) is 60.9 Å². The highest BCUT2D eigenvalue weighted by molar-refractivity contribution is 7.79. The summed E-state index contributed by atoms with van der Waals surface area (Å²) in [6.07, 6.45) is 0. The normalized spacial score (nSPS) is 16.3. The molecule has 2 N–H and O–H groups in total. The van der Waals surface area contributed by atoms with Gasteiger partial charge in [0.05, 0.1) is 22.7 Å².